The molecule has 16 heteroatoms. The third-order valence-corrected chi connectivity index (χ3v) is 11.2. The smallest absolute Gasteiger partial charge is 0.410 e. The molecule has 0 unspecified atom stereocenters. The molecule has 49 heavy (non-hydrogen) atoms. The second-order valence-corrected chi connectivity index (χ2v) is 14.4. The van der Waals surface area contributed by atoms with Crippen LogP contribution in [0.5, 0.6) is 5.75 Å². The number of carbonyl (C=O) groups excluding carboxylic acids is 2. The Kier molecular flexibility index (Phi) is 10.0. The Morgan fingerprint density at radius 2 is 1.76 bits per heavy atom. The number of nitrogens with one attached hydrogen (secondary N) is 1. The van der Waals surface area contributed by atoms with Gasteiger partial charge in [0.2, 0.25) is 15.8 Å². The number of likely N-dealkylation sites (N-methyl/N-ethyl adjacent to an activating group) is 1. The van der Waals surface area contributed by atoms with Gasteiger partial charge in [-0.25, -0.2) is 22.6 Å². The monoisotopic (exact) mass is 698 g/mol. The van der Waals surface area contributed by atoms with Crippen molar-refractivity contribution in [2.45, 2.75) is 49.5 Å². The molecule has 3 aliphatic heterocycles. The summed E-state index contributed by atoms with van der Waals surface area (Å²) in [4.78, 5) is 47.5. The standard InChI is InChI=1S/C33H39FN6O8S/c1-37-15-17-39(18-16-37)49(45,46)26-20-25(34)9-8-24(26)21-35-29(42)27-28(41)30(43)40-12-5-19-48-33(31(40)36-27)10-13-38(14-11-33)32(44)47-22-23-6-3-2-4-7-23/h2-4,6-9,20,41H,5,10-19,21-22H2,1H3,(H,35,42). The number of hydrogen-bond donors (Lipinski definition) is 2. The predicted octanol–water partition coefficient (Wildman–Crippen LogP) is 2.00. The number of ether oxygens (including phenoxy) is 2. The fourth-order valence-corrected chi connectivity index (χ4v) is 8.04. The zero-order valence-electron chi connectivity index (χ0n) is 27.1. The van der Waals surface area contributed by atoms with E-state index in [0.29, 0.717) is 26.1 Å². The van der Waals surface area contributed by atoms with Crippen LogP contribution >= 0.6 is 0 Å². The van der Waals surface area contributed by atoms with E-state index in [0.717, 1.165) is 17.7 Å². The first-order chi connectivity index (χ1) is 23.5. The zero-order chi connectivity index (χ0) is 34.8. The minimum Gasteiger partial charge on any atom is -0.501 e. The van der Waals surface area contributed by atoms with E-state index in [1.807, 2.05) is 42.3 Å². The highest BCUT2D eigenvalue weighted by molar-refractivity contribution is 7.89. The normalized spacial score (nSPS) is 18.4. The van der Waals surface area contributed by atoms with Gasteiger partial charge < -0.3 is 29.7 Å². The number of likely N-dealkylation sites (tertiary alicyclic amines) is 1. The number of benzene rings is 2. The van der Waals surface area contributed by atoms with Crippen molar-refractivity contribution in [1.29, 1.82) is 0 Å². The SMILES string of the molecule is CN1CCN(S(=O)(=O)c2cc(F)ccc2CNC(=O)c2nc3n(c(=O)c2O)CCCOC32CCN(C(=O)OCc3ccccc3)CC2)CC1. The number of sulfonamides is 1. The van der Waals surface area contributed by atoms with Gasteiger partial charge in [-0.3, -0.25) is 14.2 Å². The lowest BCUT2D eigenvalue weighted by molar-refractivity contribution is -0.0894. The summed E-state index contributed by atoms with van der Waals surface area (Å²) in [6.07, 6.45) is 0.487. The highest BCUT2D eigenvalue weighted by Gasteiger charge is 2.44. The van der Waals surface area contributed by atoms with Gasteiger partial charge in [0.05, 0.1) is 4.90 Å². The summed E-state index contributed by atoms with van der Waals surface area (Å²) in [5, 5.41) is 13.4. The van der Waals surface area contributed by atoms with Crippen LogP contribution in [0.3, 0.4) is 0 Å². The predicted molar refractivity (Wildman–Crippen MR) is 174 cm³/mol. The number of piperazine rings is 1. The van der Waals surface area contributed by atoms with Crippen molar-refractivity contribution in [1.82, 2.24) is 29.0 Å². The largest absolute Gasteiger partial charge is 0.501 e. The Bertz CT molecular complexity index is 1870. The molecule has 0 atom stereocenters. The molecule has 4 heterocycles. The molecule has 2 saturated heterocycles. The van der Waals surface area contributed by atoms with Crippen LogP contribution in [0.4, 0.5) is 9.18 Å². The van der Waals surface area contributed by atoms with Gasteiger partial charge in [0, 0.05) is 71.8 Å². The van der Waals surface area contributed by atoms with Crippen LogP contribution < -0.4 is 10.9 Å². The molecule has 3 aromatic rings. The molecular formula is C33H39FN6O8S. The summed E-state index contributed by atoms with van der Waals surface area (Å²) in [5.41, 5.74) is -1.49. The topological polar surface area (TPSA) is 164 Å². The first-order valence-corrected chi connectivity index (χ1v) is 17.6. The molecule has 2 N–H and O–H groups in total. The summed E-state index contributed by atoms with van der Waals surface area (Å²) < 4.78 is 55.7. The summed E-state index contributed by atoms with van der Waals surface area (Å²) in [5.74, 6) is -2.37. The lowest BCUT2D eigenvalue weighted by atomic mass is 9.89. The molecule has 0 saturated carbocycles. The number of aromatic hydroxyl groups is 1. The number of piperidine rings is 1. The number of carbonyl (C=O) groups is 2. The van der Waals surface area contributed by atoms with E-state index in [2.05, 4.69) is 10.3 Å². The quantitative estimate of drug-likeness (QED) is 0.373. The second kappa shape index (κ2) is 14.2. The fraction of sp³-hybridized carbons (Fsp3) is 0.455. The molecule has 1 aromatic heterocycles. The molecule has 6 rings (SSSR count). The summed E-state index contributed by atoms with van der Waals surface area (Å²) in [7, 11) is -2.21. The number of fused-ring (bicyclic) bond motifs is 2. The molecule has 3 aliphatic rings. The Morgan fingerprint density at radius 1 is 1.04 bits per heavy atom. The minimum atomic E-state index is -4.09. The van der Waals surface area contributed by atoms with Crippen molar-refractivity contribution >= 4 is 22.0 Å². The number of nitrogens with zero attached hydrogens (tertiary/aromatic N) is 5. The molecule has 1 spiro atoms. The van der Waals surface area contributed by atoms with Gasteiger partial charge in [-0.15, -0.1) is 0 Å². The lowest BCUT2D eigenvalue weighted by Crippen LogP contribution is -2.49. The van der Waals surface area contributed by atoms with Gasteiger partial charge >= 0.3 is 6.09 Å². The van der Waals surface area contributed by atoms with Crippen LogP contribution in [0.1, 0.15) is 46.7 Å². The third kappa shape index (κ3) is 7.18. The number of hydrogen-bond acceptors (Lipinski definition) is 10. The van der Waals surface area contributed by atoms with Crippen LogP contribution in [-0.2, 0) is 44.8 Å². The fourth-order valence-electron chi connectivity index (χ4n) is 6.38. The maximum atomic E-state index is 14.3. The molecule has 0 radical (unpaired) electrons. The van der Waals surface area contributed by atoms with E-state index in [4.69, 9.17) is 9.47 Å². The van der Waals surface area contributed by atoms with E-state index < -0.39 is 50.4 Å². The van der Waals surface area contributed by atoms with Crippen molar-refractivity contribution in [3.8, 4) is 5.75 Å². The summed E-state index contributed by atoms with van der Waals surface area (Å²) in [6.45, 7) is 2.23. The van der Waals surface area contributed by atoms with Crippen molar-refractivity contribution in [3.05, 3.63) is 87.3 Å². The van der Waals surface area contributed by atoms with Gasteiger partial charge in [-0.2, -0.15) is 4.31 Å². The van der Waals surface area contributed by atoms with Crippen LogP contribution in [0.15, 0.2) is 58.2 Å². The number of rotatable bonds is 7. The highest BCUT2D eigenvalue weighted by Crippen LogP contribution is 2.38. The minimum absolute atomic E-state index is 0.122. The van der Waals surface area contributed by atoms with Crippen LogP contribution in [-0.4, -0.2) is 102 Å². The Balaban J connectivity index is 1.20. The van der Waals surface area contributed by atoms with Crippen LogP contribution in [0.2, 0.25) is 0 Å². The summed E-state index contributed by atoms with van der Waals surface area (Å²) >= 11 is 0. The average Bonchev–Trinajstić information content (AvgIpc) is 3.28. The number of amides is 2. The first-order valence-electron chi connectivity index (χ1n) is 16.2. The van der Waals surface area contributed by atoms with E-state index in [9.17, 15) is 32.3 Å². The van der Waals surface area contributed by atoms with E-state index in [1.54, 1.807) is 4.90 Å². The Labute approximate surface area is 283 Å². The molecular weight excluding hydrogens is 659 g/mol. The first kappa shape index (κ1) is 34.5. The van der Waals surface area contributed by atoms with Crippen LogP contribution in [0, 0.1) is 5.82 Å². The molecule has 0 bridgehead atoms. The molecule has 2 aromatic carbocycles. The van der Waals surface area contributed by atoms with Crippen LogP contribution in [0.25, 0.3) is 0 Å². The van der Waals surface area contributed by atoms with Crippen molar-refractivity contribution in [2.75, 3.05) is 52.9 Å². The lowest BCUT2D eigenvalue weighted by Gasteiger charge is -2.40. The van der Waals surface area contributed by atoms with E-state index >= 15 is 0 Å². The number of aromatic nitrogens is 2. The van der Waals surface area contributed by atoms with Crippen molar-refractivity contribution in [2.24, 2.45) is 0 Å². The molecule has 0 aliphatic carbocycles. The third-order valence-electron chi connectivity index (χ3n) is 9.26. The maximum absolute atomic E-state index is 14.3. The zero-order valence-corrected chi connectivity index (χ0v) is 28.0. The average molecular weight is 699 g/mol. The summed E-state index contributed by atoms with van der Waals surface area (Å²) in [6, 6.07) is 12.6. The van der Waals surface area contributed by atoms with Gasteiger partial charge in [0.25, 0.3) is 11.5 Å². The Hall–Kier alpha value is -4.38. The molecule has 2 amide bonds. The van der Waals surface area contributed by atoms with Gasteiger partial charge in [0.1, 0.15) is 23.8 Å². The molecule has 2 fully saturated rings. The molecule has 262 valence electrons. The van der Waals surface area contributed by atoms with Gasteiger partial charge in [-0.1, -0.05) is 36.4 Å². The van der Waals surface area contributed by atoms with E-state index in [-0.39, 0.29) is 75.0 Å². The van der Waals surface area contributed by atoms with E-state index in [1.165, 1.54) is 14.9 Å². The Morgan fingerprint density at radius 3 is 2.47 bits per heavy atom. The highest BCUT2D eigenvalue weighted by atomic mass is 32.2. The van der Waals surface area contributed by atoms with Crippen molar-refractivity contribution < 1.29 is 37.0 Å². The van der Waals surface area contributed by atoms with Crippen molar-refractivity contribution in [3.63, 3.8) is 0 Å². The second-order valence-electron chi connectivity index (χ2n) is 12.5. The molecule has 14 nitrogen and oxygen atoms in total. The maximum Gasteiger partial charge on any atom is 0.410 e. The van der Waals surface area contributed by atoms with Gasteiger partial charge in [0.15, 0.2) is 5.69 Å². The van der Waals surface area contributed by atoms with Gasteiger partial charge in [-0.05, 0) is 36.7 Å². The number of halogens is 1.